The van der Waals surface area contributed by atoms with Gasteiger partial charge in [-0.3, -0.25) is 0 Å². The normalized spacial score (nSPS) is 11.3. The van der Waals surface area contributed by atoms with Crippen LogP contribution in [0.3, 0.4) is 0 Å². The van der Waals surface area contributed by atoms with Gasteiger partial charge in [-0.1, -0.05) is 0 Å². The molecule has 0 radical (unpaired) electrons. The third-order valence-electron chi connectivity index (χ3n) is 2.44. The number of carbonyl (C=O) groups is 4. The summed E-state index contributed by atoms with van der Waals surface area (Å²) in [7, 11) is 0. The zero-order chi connectivity index (χ0) is 23.8. The van der Waals surface area contributed by atoms with Crippen LogP contribution in [0.2, 0.25) is 0 Å². The first-order valence-electron chi connectivity index (χ1n) is 9.02. The van der Waals surface area contributed by atoms with Crippen LogP contribution in [-0.4, -0.2) is 99.2 Å². The van der Waals surface area contributed by atoms with Crippen LogP contribution in [0, 0.1) is 0 Å². The summed E-state index contributed by atoms with van der Waals surface area (Å²) >= 11 is 0. The molecule has 172 valence electrons. The third-order valence-corrected chi connectivity index (χ3v) is 2.44. The van der Waals surface area contributed by atoms with Gasteiger partial charge in [0, 0.05) is 12.2 Å². The summed E-state index contributed by atoms with van der Waals surface area (Å²) in [6, 6.07) is 0. The molecule has 0 spiro atoms. The third kappa shape index (κ3) is 33.4. The first-order valence-corrected chi connectivity index (χ1v) is 9.02. The molecule has 11 heteroatoms. The molecule has 0 saturated heterocycles. The van der Waals surface area contributed by atoms with Crippen LogP contribution in [0.5, 0.6) is 0 Å². The molecule has 10 nitrogen and oxygen atoms in total. The van der Waals surface area contributed by atoms with E-state index in [1.807, 2.05) is 41.5 Å². The SMILES string of the molecule is CC(C)(C)OCCOC(=O)/C=C\C(=O)[O-].CC(C)(C)OCCOC(=O)/C=C\C(=O)[O-].[Ca+2]. The topological polar surface area (TPSA) is 151 Å². The van der Waals surface area contributed by atoms with Crippen molar-refractivity contribution in [2.24, 2.45) is 0 Å². The van der Waals surface area contributed by atoms with E-state index in [2.05, 4.69) is 9.47 Å². The number of carboxylic acid groups (broad SMARTS) is 2. The monoisotopic (exact) mass is 470 g/mol. The first-order chi connectivity index (χ1) is 13.6. The van der Waals surface area contributed by atoms with Crippen molar-refractivity contribution in [1.82, 2.24) is 0 Å². The Hall–Kier alpha value is -1.46. The van der Waals surface area contributed by atoms with Gasteiger partial charge in [0.1, 0.15) is 13.2 Å². The molecule has 0 N–H and O–H groups in total. The predicted molar refractivity (Wildman–Crippen MR) is 107 cm³/mol. The molecule has 0 rings (SSSR count). The Balaban J connectivity index is -0.000000490. The van der Waals surface area contributed by atoms with Gasteiger partial charge >= 0.3 is 49.7 Å². The molecule has 0 aliphatic rings. The Bertz CT molecular complexity index is 558. The first kappa shape index (κ1) is 34.2. The molecule has 0 heterocycles. The van der Waals surface area contributed by atoms with Crippen LogP contribution in [-0.2, 0) is 38.1 Å². The van der Waals surface area contributed by atoms with Gasteiger partial charge in [-0.2, -0.15) is 0 Å². The number of hydrogen-bond acceptors (Lipinski definition) is 10. The summed E-state index contributed by atoms with van der Waals surface area (Å²) in [6.45, 7) is 12.0. The van der Waals surface area contributed by atoms with Crippen molar-refractivity contribution in [2.75, 3.05) is 26.4 Å². The Morgan fingerprint density at radius 2 is 0.903 bits per heavy atom. The second-order valence-electron chi connectivity index (χ2n) is 7.56. The molecule has 0 fully saturated rings. The molecule has 0 aliphatic carbocycles. The largest absolute Gasteiger partial charge is 2.00 e. The Labute approximate surface area is 212 Å². The van der Waals surface area contributed by atoms with Gasteiger partial charge in [-0.25, -0.2) is 9.59 Å². The average molecular weight is 471 g/mol. The van der Waals surface area contributed by atoms with Crippen LogP contribution >= 0.6 is 0 Å². The van der Waals surface area contributed by atoms with Crippen LogP contribution in [0.15, 0.2) is 24.3 Å². The van der Waals surface area contributed by atoms with Crippen LogP contribution in [0.25, 0.3) is 0 Å². The van der Waals surface area contributed by atoms with Crippen molar-refractivity contribution in [2.45, 2.75) is 52.7 Å². The predicted octanol–water partition coefficient (Wildman–Crippen LogP) is -1.08. The summed E-state index contributed by atoms with van der Waals surface area (Å²) in [6.07, 6.45) is 2.83. The van der Waals surface area contributed by atoms with E-state index in [-0.39, 0.29) is 75.4 Å². The number of carboxylic acids is 2. The summed E-state index contributed by atoms with van der Waals surface area (Å²) in [5, 5.41) is 19.9. The molecule has 0 aromatic heterocycles. The zero-order valence-electron chi connectivity index (χ0n) is 18.9. The van der Waals surface area contributed by atoms with E-state index in [1.54, 1.807) is 0 Å². The fourth-order valence-corrected chi connectivity index (χ4v) is 1.35. The van der Waals surface area contributed by atoms with E-state index < -0.39 is 23.9 Å². The standard InChI is InChI=1S/2C10H16O5.Ca/c2*1-10(2,3)15-7-6-14-9(13)5-4-8(11)12;/h2*4-5H,6-7H2,1-3H3,(H,11,12);/q;;+2/p-2/b2*5-4-;. The van der Waals surface area contributed by atoms with Gasteiger partial charge in [-0.15, -0.1) is 0 Å². The second-order valence-corrected chi connectivity index (χ2v) is 7.56. The molecule has 0 amide bonds. The summed E-state index contributed by atoms with van der Waals surface area (Å²) in [5.41, 5.74) is -0.569. The molecule has 0 aromatic rings. The molecule has 0 saturated carbocycles. The van der Waals surface area contributed by atoms with Gasteiger partial charge in [0.2, 0.25) is 0 Å². The van der Waals surface area contributed by atoms with Crippen LogP contribution < -0.4 is 10.2 Å². The van der Waals surface area contributed by atoms with Crippen molar-refractivity contribution in [3.8, 4) is 0 Å². The fourth-order valence-electron chi connectivity index (χ4n) is 1.35. The minimum atomic E-state index is -1.43. The van der Waals surface area contributed by atoms with E-state index in [0.717, 1.165) is 12.2 Å². The number of aliphatic carboxylic acids is 2. The van der Waals surface area contributed by atoms with E-state index >= 15 is 0 Å². The number of hydrogen-bond donors (Lipinski definition) is 0. The molecule has 0 bridgehead atoms. The molecule has 0 aromatic carbocycles. The number of carbonyl (C=O) groups excluding carboxylic acids is 4. The Kier molecular flexibility index (Phi) is 20.0. The number of ether oxygens (including phenoxy) is 4. The molecular weight excluding hydrogens is 440 g/mol. The van der Waals surface area contributed by atoms with E-state index in [9.17, 15) is 29.4 Å². The van der Waals surface area contributed by atoms with Gasteiger partial charge in [0.25, 0.3) is 0 Å². The smallest absolute Gasteiger partial charge is 0.545 e. The molecule has 0 unspecified atom stereocenters. The van der Waals surface area contributed by atoms with Gasteiger partial charge in [-0.05, 0) is 53.7 Å². The minimum Gasteiger partial charge on any atom is -0.545 e. The van der Waals surface area contributed by atoms with Crippen molar-refractivity contribution < 1.29 is 48.3 Å². The summed E-state index contributed by atoms with van der Waals surface area (Å²) in [5.74, 6) is -4.32. The van der Waals surface area contributed by atoms with Crippen molar-refractivity contribution in [1.29, 1.82) is 0 Å². The molecular formula is C20H30CaO10. The van der Waals surface area contributed by atoms with E-state index in [4.69, 9.17) is 9.47 Å². The zero-order valence-corrected chi connectivity index (χ0v) is 21.1. The molecule has 31 heavy (non-hydrogen) atoms. The summed E-state index contributed by atoms with van der Waals surface area (Å²) < 4.78 is 19.8. The Morgan fingerprint density at radius 1 is 0.613 bits per heavy atom. The summed E-state index contributed by atoms with van der Waals surface area (Å²) in [4.78, 5) is 41.5. The maximum atomic E-state index is 10.8. The minimum absolute atomic E-state index is 0. The van der Waals surface area contributed by atoms with Crippen molar-refractivity contribution >= 4 is 61.6 Å². The number of rotatable bonds is 10. The van der Waals surface area contributed by atoms with E-state index in [1.165, 1.54) is 0 Å². The van der Waals surface area contributed by atoms with Crippen LogP contribution in [0.1, 0.15) is 41.5 Å². The van der Waals surface area contributed by atoms with E-state index in [0.29, 0.717) is 12.2 Å². The van der Waals surface area contributed by atoms with Gasteiger partial charge in [0.15, 0.2) is 0 Å². The van der Waals surface area contributed by atoms with Gasteiger partial charge in [0.05, 0.1) is 36.4 Å². The Morgan fingerprint density at radius 3 is 1.13 bits per heavy atom. The molecule has 0 atom stereocenters. The van der Waals surface area contributed by atoms with Gasteiger partial charge < -0.3 is 38.7 Å². The van der Waals surface area contributed by atoms with Crippen molar-refractivity contribution in [3.05, 3.63) is 24.3 Å². The maximum absolute atomic E-state index is 10.8. The average Bonchev–Trinajstić information content (AvgIpc) is 2.58. The fraction of sp³-hybridized carbons (Fsp3) is 0.600. The quantitative estimate of drug-likeness (QED) is 0.167. The maximum Gasteiger partial charge on any atom is 2.00 e. The van der Waals surface area contributed by atoms with Crippen LogP contribution in [0.4, 0.5) is 0 Å². The van der Waals surface area contributed by atoms with Crippen molar-refractivity contribution in [3.63, 3.8) is 0 Å². The molecule has 0 aliphatic heterocycles. The number of esters is 2. The second kappa shape index (κ2) is 18.1.